The molecule has 6 nitrogen and oxygen atoms in total. The first-order chi connectivity index (χ1) is 16.7. The number of nitrogens with zero attached hydrogens (tertiary/aromatic N) is 4. The Hall–Kier alpha value is -3.35. The predicted molar refractivity (Wildman–Crippen MR) is 138 cm³/mol. The van der Waals surface area contributed by atoms with E-state index in [-0.39, 0.29) is 0 Å². The van der Waals surface area contributed by atoms with Crippen molar-refractivity contribution in [3.8, 4) is 17.1 Å². The van der Waals surface area contributed by atoms with Crippen molar-refractivity contribution >= 4 is 5.69 Å². The van der Waals surface area contributed by atoms with Gasteiger partial charge in [-0.1, -0.05) is 30.3 Å². The fraction of sp³-hybridized carbons (Fsp3) is 0.321. The third kappa shape index (κ3) is 4.93. The van der Waals surface area contributed by atoms with Crippen LogP contribution in [-0.4, -0.2) is 53.9 Å². The summed E-state index contributed by atoms with van der Waals surface area (Å²) in [5.41, 5.74) is 7.17. The molecular formula is C28H33N5O. The Morgan fingerprint density at radius 3 is 2.50 bits per heavy atom. The Morgan fingerprint density at radius 2 is 1.74 bits per heavy atom. The van der Waals surface area contributed by atoms with Crippen molar-refractivity contribution in [3.05, 3.63) is 89.8 Å². The second-order valence-corrected chi connectivity index (χ2v) is 8.97. The van der Waals surface area contributed by atoms with Gasteiger partial charge in [-0.2, -0.15) is 5.10 Å². The van der Waals surface area contributed by atoms with Crippen LogP contribution in [0.25, 0.3) is 17.1 Å². The molecule has 0 bridgehead atoms. The van der Waals surface area contributed by atoms with Crippen LogP contribution in [0, 0.1) is 13.8 Å². The van der Waals surface area contributed by atoms with Gasteiger partial charge < -0.3 is 14.6 Å². The van der Waals surface area contributed by atoms with Gasteiger partial charge in [-0.3, -0.25) is 4.90 Å². The highest BCUT2D eigenvalue weighted by Gasteiger charge is 2.19. The topological polar surface area (TPSA) is 49.5 Å². The van der Waals surface area contributed by atoms with E-state index in [0.717, 1.165) is 68.6 Å². The second-order valence-electron chi connectivity index (χ2n) is 8.97. The number of aromatic nitrogens is 2. The molecule has 0 spiro atoms. The van der Waals surface area contributed by atoms with E-state index in [2.05, 4.69) is 65.4 Å². The molecule has 3 heterocycles. The highest BCUT2D eigenvalue weighted by Crippen LogP contribution is 2.25. The first-order valence-electron chi connectivity index (χ1n) is 12.1. The van der Waals surface area contributed by atoms with Gasteiger partial charge in [-0.05, 0) is 61.4 Å². The molecule has 5 rings (SSSR count). The number of nitrogens with one attached hydrogen (secondary N) is 1. The van der Waals surface area contributed by atoms with Gasteiger partial charge in [0, 0.05) is 51.5 Å². The van der Waals surface area contributed by atoms with Crippen LogP contribution in [0.5, 0.6) is 0 Å². The molecule has 0 saturated carbocycles. The van der Waals surface area contributed by atoms with Crippen LogP contribution in [0.1, 0.15) is 16.8 Å². The molecular weight excluding hydrogens is 422 g/mol. The average molecular weight is 456 g/mol. The Kier molecular flexibility index (Phi) is 6.79. The lowest BCUT2D eigenvalue weighted by molar-refractivity contribution is 0.257. The summed E-state index contributed by atoms with van der Waals surface area (Å²) in [4.78, 5) is 5.07. The van der Waals surface area contributed by atoms with E-state index in [0.29, 0.717) is 0 Å². The quantitative estimate of drug-likeness (QED) is 0.392. The van der Waals surface area contributed by atoms with Crippen molar-refractivity contribution in [3.63, 3.8) is 0 Å². The molecule has 4 aromatic rings. The Balaban J connectivity index is 1.14. The van der Waals surface area contributed by atoms with Crippen molar-refractivity contribution in [1.29, 1.82) is 0 Å². The molecule has 0 unspecified atom stereocenters. The normalized spacial score (nSPS) is 14.6. The van der Waals surface area contributed by atoms with Crippen LogP contribution in [0.4, 0.5) is 5.69 Å². The summed E-state index contributed by atoms with van der Waals surface area (Å²) in [5, 5.41) is 8.44. The Morgan fingerprint density at radius 1 is 0.912 bits per heavy atom. The van der Waals surface area contributed by atoms with E-state index in [1.165, 1.54) is 16.8 Å². The van der Waals surface area contributed by atoms with E-state index < -0.39 is 0 Å². The number of para-hydroxylation sites is 1. The van der Waals surface area contributed by atoms with Gasteiger partial charge in [0.15, 0.2) is 5.76 Å². The summed E-state index contributed by atoms with van der Waals surface area (Å²) in [5.74, 6) is 0.823. The molecule has 2 aromatic carbocycles. The molecule has 1 saturated heterocycles. The minimum absolute atomic E-state index is 0.732. The van der Waals surface area contributed by atoms with Crippen LogP contribution >= 0.6 is 0 Å². The number of hydrogen-bond donors (Lipinski definition) is 1. The maximum absolute atomic E-state index is 5.66. The van der Waals surface area contributed by atoms with Crippen molar-refractivity contribution < 1.29 is 4.42 Å². The average Bonchev–Trinajstić information content (AvgIpc) is 3.55. The van der Waals surface area contributed by atoms with Gasteiger partial charge in [0.25, 0.3) is 0 Å². The predicted octanol–water partition coefficient (Wildman–Crippen LogP) is 4.66. The largest absolute Gasteiger partial charge is 0.463 e. The van der Waals surface area contributed by atoms with Crippen molar-refractivity contribution in [1.82, 2.24) is 20.0 Å². The van der Waals surface area contributed by atoms with E-state index >= 15 is 0 Å². The minimum Gasteiger partial charge on any atom is -0.463 e. The van der Waals surface area contributed by atoms with Crippen LogP contribution < -0.4 is 10.2 Å². The maximum atomic E-state index is 5.66. The minimum atomic E-state index is 0.732. The summed E-state index contributed by atoms with van der Waals surface area (Å²) in [6, 6.07) is 22.8. The lowest BCUT2D eigenvalue weighted by Crippen LogP contribution is -2.48. The summed E-state index contributed by atoms with van der Waals surface area (Å²) in [6.07, 6.45) is 1.70. The molecule has 0 radical (unpaired) electrons. The summed E-state index contributed by atoms with van der Waals surface area (Å²) in [7, 11) is 0. The number of hydrogen-bond acceptors (Lipinski definition) is 5. The number of furan rings is 1. The van der Waals surface area contributed by atoms with E-state index in [1.807, 2.05) is 35.0 Å². The molecule has 176 valence electrons. The number of aryl methyl sites for hydroxylation is 1. The first kappa shape index (κ1) is 22.4. The summed E-state index contributed by atoms with van der Waals surface area (Å²) in [6.45, 7) is 11.5. The monoisotopic (exact) mass is 455 g/mol. The number of rotatable bonds is 8. The highest BCUT2D eigenvalue weighted by molar-refractivity contribution is 5.57. The summed E-state index contributed by atoms with van der Waals surface area (Å²) < 4.78 is 7.62. The molecule has 2 aromatic heterocycles. The van der Waals surface area contributed by atoms with Gasteiger partial charge in [-0.25, -0.2) is 4.68 Å². The third-order valence-electron chi connectivity index (χ3n) is 6.73. The Bertz CT molecular complexity index is 1190. The fourth-order valence-corrected chi connectivity index (χ4v) is 4.63. The van der Waals surface area contributed by atoms with Gasteiger partial charge in [0.05, 0.1) is 17.6 Å². The molecule has 6 heteroatoms. The number of benzene rings is 2. The van der Waals surface area contributed by atoms with E-state index in [4.69, 9.17) is 9.52 Å². The van der Waals surface area contributed by atoms with Crippen LogP contribution in [0.2, 0.25) is 0 Å². The zero-order chi connectivity index (χ0) is 23.3. The third-order valence-corrected chi connectivity index (χ3v) is 6.73. The van der Waals surface area contributed by atoms with E-state index in [1.54, 1.807) is 6.26 Å². The lowest BCUT2D eigenvalue weighted by Gasteiger charge is -2.37. The van der Waals surface area contributed by atoms with Crippen LogP contribution in [0.15, 0.2) is 77.4 Å². The highest BCUT2D eigenvalue weighted by atomic mass is 16.3. The van der Waals surface area contributed by atoms with Gasteiger partial charge in [-0.15, -0.1) is 0 Å². The zero-order valence-electron chi connectivity index (χ0n) is 20.1. The smallest absolute Gasteiger partial charge is 0.152 e. The molecule has 0 atom stereocenters. The van der Waals surface area contributed by atoms with Crippen LogP contribution in [-0.2, 0) is 6.54 Å². The van der Waals surface area contributed by atoms with Crippen molar-refractivity contribution in [2.45, 2.75) is 20.4 Å². The van der Waals surface area contributed by atoms with Crippen LogP contribution in [0.3, 0.4) is 0 Å². The SMILES string of the molecule is Cc1cccc(N2CCN(CCNCc3cc(-c4ccco4)n(-c4ccccc4)n3)CC2)c1C. The molecule has 0 amide bonds. The van der Waals surface area contributed by atoms with Crippen molar-refractivity contribution in [2.75, 3.05) is 44.2 Å². The molecule has 1 aliphatic rings. The van der Waals surface area contributed by atoms with Gasteiger partial charge in [0.2, 0.25) is 0 Å². The zero-order valence-corrected chi connectivity index (χ0v) is 20.1. The fourth-order valence-electron chi connectivity index (χ4n) is 4.63. The number of piperazine rings is 1. The molecule has 1 N–H and O–H groups in total. The molecule has 1 aliphatic heterocycles. The van der Waals surface area contributed by atoms with Gasteiger partial charge in [0.1, 0.15) is 5.69 Å². The molecule has 0 aliphatic carbocycles. The molecule has 34 heavy (non-hydrogen) atoms. The maximum Gasteiger partial charge on any atom is 0.152 e. The molecule has 1 fully saturated rings. The Labute approximate surface area is 201 Å². The summed E-state index contributed by atoms with van der Waals surface area (Å²) >= 11 is 0. The van der Waals surface area contributed by atoms with Gasteiger partial charge >= 0.3 is 0 Å². The second kappa shape index (κ2) is 10.3. The standard InChI is InChI=1S/C28H33N5O/c1-22-8-6-11-26(23(22)2)32-17-15-31(16-18-32)14-13-29-21-24-20-27(28-12-7-19-34-28)33(30-24)25-9-4-3-5-10-25/h3-12,19-20,29H,13-18,21H2,1-2H3. The van der Waals surface area contributed by atoms with E-state index in [9.17, 15) is 0 Å². The van der Waals surface area contributed by atoms with Crippen molar-refractivity contribution in [2.24, 2.45) is 0 Å². The lowest BCUT2D eigenvalue weighted by atomic mass is 10.1. The number of anilines is 1. The first-order valence-corrected chi connectivity index (χ1v) is 12.1.